The van der Waals surface area contributed by atoms with E-state index < -0.39 is 0 Å². The zero-order valence-corrected chi connectivity index (χ0v) is 42.3. The van der Waals surface area contributed by atoms with Crippen LogP contribution in [-0.2, 0) is 10.8 Å². The first kappa shape index (κ1) is 43.1. The highest BCUT2D eigenvalue weighted by Gasteiger charge is 2.48. The third-order valence-corrected chi connectivity index (χ3v) is 17.2. The topological polar surface area (TPSA) is 13.0 Å². The van der Waals surface area contributed by atoms with E-state index in [-0.39, 0.29) is 24.3 Å². The molecule has 4 nitrogen and oxygen atoms in total. The Morgan fingerprint density at radius 3 is 1.15 bits per heavy atom. The molecule has 0 saturated heterocycles. The number of nitrogens with zero attached hydrogens (tertiary/aromatic N) is 4. The summed E-state index contributed by atoms with van der Waals surface area (Å²) in [5, 5.41) is 0. The second-order valence-corrected chi connectivity index (χ2v) is 22.3. The Morgan fingerprint density at radius 2 is 0.662 bits per heavy atom. The van der Waals surface area contributed by atoms with E-state index in [1.807, 2.05) is 0 Å². The van der Waals surface area contributed by atoms with Gasteiger partial charge in [-0.1, -0.05) is 167 Å². The molecule has 4 heterocycles. The molecule has 6 heteroatoms. The van der Waals surface area contributed by atoms with E-state index in [1.165, 1.54) is 113 Å². The lowest BCUT2D eigenvalue weighted by Gasteiger charge is -2.47. The minimum Gasteiger partial charge on any atom is -0.311 e. The standard InChI is InChI=1S/C68H54B2N4/c1-67(2)38-39-68(3,4)52-40-45(36-37-51(52)67)46-41-63-66-64(42-46)74(50-28-15-8-16-29-50)62-44-61-55(43-56(62)70(66)54-31-18-20-33-58(54)72(63)48-24-11-6-12-25-48)69-53-30-17-19-32-57(53)71(47-22-9-5-10-23-47)59-34-21-35-60(65(59)69)73(61)49-26-13-7-14-27-49/h5-37,40-44H,38-39H2,1-4H3. The van der Waals surface area contributed by atoms with Crippen LogP contribution in [0.5, 0.6) is 0 Å². The zero-order chi connectivity index (χ0) is 49.5. The van der Waals surface area contributed by atoms with Crippen molar-refractivity contribution >= 4 is 114 Å². The zero-order valence-electron chi connectivity index (χ0n) is 42.3. The molecule has 1 aliphatic carbocycles. The fraction of sp³-hybridized carbons (Fsp3) is 0.118. The molecule has 10 aromatic rings. The lowest BCUT2D eigenvalue weighted by Crippen LogP contribution is -2.65. The maximum absolute atomic E-state index is 2.63. The molecule has 74 heavy (non-hydrogen) atoms. The average molecular weight is 949 g/mol. The largest absolute Gasteiger partial charge is 0.311 e. The second kappa shape index (κ2) is 16.0. The van der Waals surface area contributed by atoms with Gasteiger partial charge in [-0.3, -0.25) is 0 Å². The van der Waals surface area contributed by atoms with Crippen molar-refractivity contribution < 1.29 is 0 Å². The Bertz CT molecular complexity index is 3890. The van der Waals surface area contributed by atoms with Gasteiger partial charge in [0, 0.05) is 68.2 Å². The van der Waals surface area contributed by atoms with Crippen LogP contribution in [0, 0.1) is 0 Å². The van der Waals surface area contributed by atoms with Gasteiger partial charge in [-0.05, 0) is 170 Å². The summed E-state index contributed by atoms with van der Waals surface area (Å²) in [6, 6.07) is 86.9. The van der Waals surface area contributed by atoms with Gasteiger partial charge in [0.1, 0.15) is 0 Å². The quantitative estimate of drug-likeness (QED) is 0.159. The van der Waals surface area contributed by atoms with Gasteiger partial charge in [0.15, 0.2) is 0 Å². The third kappa shape index (κ3) is 6.24. The van der Waals surface area contributed by atoms with E-state index >= 15 is 0 Å². The molecule has 0 bridgehead atoms. The minimum atomic E-state index is -0.0600. The molecule has 0 amide bonds. The molecule has 0 radical (unpaired) electrons. The smallest absolute Gasteiger partial charge is 0.252 e. The van der Waals surface area contributed by atoms with Gasteiger partial charge in [-0.25, -0.2) is 0 Å². The van der Waals surface area contributed by atoms with Crippen LogP contribution in [0.15, 0.2) is 231 Å². The highest BCUT2D eigenvalue weighted by molar-refractivity contribution is 7.03. The van der Waals surface area contributed by atoms with Crippen molar-refractivity contribution in [1.29, 1.82) is 0 Å². The molecule has 0 spiro atoms. The number of para-hydroxylation sites is 6. The number of rotatable bonds is 5. The van der Waals surface area contributed by atoms with Crippen LogP contribution >= 0.6 is 0 Å². The predicted octanol–water partition coefficient (Wildman–Crippen LogP) is 13.9. The van der Waals surface area contributed by atoms with E-state index in [2.05, 4.69) is 278 Å². The van der Waals surface area contributed by atoms with Crippen LogP contribution in [0.3, 0.4) is 0 Å². The highest BCUT2D eigenvalue weighted by Crippen LogP contribution is 2.51. The molecule has 0 aromatic heterocycles. The predicted molar refractivity (Wildman–Crippen MR) is 315 cm³/mol. The normalized spacial score (nSPS) is 15.8. The van der Waals surface area contributed by atoms with Gasteiger partial charge < -0.3 is 19.6 Å². The molecule has 15 rings (SSSR count). The van der Waals surface area contributed by atoms with Crippen LogP contribution < -0.4 is 52.4 Å². The molecular formula is C68H54B2N4. The van der Waals surface area contributed by atoms with E-state index in [1.54, 1.807) is 0 Å². The van der Waals surface area contributed by atoms with Crippen molar-refractivity contribution in [1.82, 2.24) is 0 Å². The Morgan fingerprint density at radius 1 is 0.284 bits per heavy atom. The molecule has 0 atom stereocenters. The Labute approximate surface area is 436 Å². The summed E-state index contributed by atoms with van der Waals surface area (Å²) in [7, 11) is 0. The van der Waals surface area contributed by atoms with Crippen molar-refractivity contribution in [3.63, 3.8) is 0 Å². The van der Waals surface area contributed by atoms with Crippen LogP contribution in [0.2, 0.25) is 0 Å². The van der Waals surface area contributed by atoms with Crippen molar-refractivity contribution in [2.45, 2.75) is 51.4 Å². The first-order chi connectivity index (χ1) is 36.2. The fourth-order valence-corrected chi connectivity index (χ4v) is 13.7. The number of benzene rings is 10. The molecule has 352 valence electrons. The van der Waals surface area contributed by atoms with Gasteiger partial charge >= 0.3 is 0 Å². The number of hydrogen-bond acceptors (Lipinski definition) is 4. The van der Waals surface area contributed by atoms with Gasteiger partial charge in [0.05, 0.1) is 0 Å². The minimum absolute atomic E-state index is 0.0241. The first-order valence-electron chi connectivity index (χ1n) is 26.5. The lowest BCUT2D eigenvalue weighted by atomic mass is 9.30. The van der Waals surface area contributed by atoms with Crippen molar-refractivity contribution in [3.05, 3.63) is 242 Å². The van der Waals surface area contributed by atoms with Crippen LogP contribution in [-0.4, -0.2) is 13.4 Å². The van der Waals surface area contributed by atoms with Crippen LogP contribution in [0.25, 0.3) is 11.1 Å². The monoisotopic (exact) mass is 948 g/mol. The molecular weight excluding hydrogens is 894 g/mol. The molecule has 0 fully saturated rings. The molecule has 5 aliphatic rings. The van der Waals surface area contributed by atoms with Gasteiger partial charge in [0.2, 0.25) is 0 Å². The Hall–Kier alpha value is -8.47. The fourth-order valence-electron chi connectivity index (χ4n) is 13.7. The summed E-state index contributed by atoms with van der Waals surface area (Å²) in [5.41, 5.74) is 27.7. The second-order valence-electron chi connectivity index (χ2n) is 22.3. The first-order valence-corrected chi connectivity index (χ1v) is 26.5. The Kier molecular flexibility index (Phi) is 9.34. The summed E-state index contributed by atoms with van der Waals surface area (Å²) in [4.78, 5) is 10.2. The molecule has 0 saturated carbocycles. The molecule has 10 aromatic carbocycles. The highest BCUT2D eigenvalue weighted by atomic mass is 15.2. The van der Waals surface area contributed by atoms with Crippen LogP contribution in [0.4, 0.5) is 68.2 Å². The summed E-state index contributed by atoms with van der Waals surface area (Å²) in [6.07, 6.45) is 2.35. The summed E-state index contributed by atoms with van der Waals surface area (Å²) >= 11 is 0. The van der Waals surface area contributed by atoms with Crippen molar-refractivity contribution in [3.8, 4) is 11.1 Å². The van der Waals surface area contributed by atoms with Crippen LogP contribution in [0.1, 0.15) is 51.7 Å². The molecule has 4 aliphatic heterocycles. The van der Waals surface area contributed by atoms with Gasteiger partial charge in [-0.2, -0.15) is 0 Å². The maximum atomic E-state index is 2.63. The van der Waals surface area contributed by atoms with Gasteiger partial charge in [0.25, 0.3) is 13.4 Å². The van der Waals surface area contributed by atoms with E-state index in [0.29, 0.717) is 0 Å². The van der Waals surface area contributed by atoms with Gasteiger partial charge in [-0.15, -0.1) is 0 Å². The van der Waals surface area contributed by atoms with E-state index in [0.717, 1.165) is 22.7 Å². The summed E-state index contributed by atoms with van der Waals surface area (Å²) < 4.78 is 0. The molecule has 0 unspecified atom stereocenters. The number of anilines is 12. The summed E-state index contributed by atoms with van der Waals surface area (Å²) in [6.45, 7) is 9.65. The third-order valence-electron chi connectivity index (χ3n) is 17.2. The average Bonchev–Trinajstić information content (AvgIpc) is 3.46. The maximum Gasteiger partial charge on any atom is 0.252 e. The van der Waals surface area contributed by atoms with Crippen molar-refractivity contribution in [2.24, 2.45) is 0 Å². The number of hydrogen-bond donors (Lipinski definition) is 0. The number of fused-ring (bicyclic) bond motifs is 9. The van der Waals surface area contributed by atoms with E-state index in [4.69, 9.17) is 0 Å². The molecule has 0 N–H and O–H groups in total. The van der Waals surface area contributed by atoms with Crippen molar-refractivity contribution in [2.75, 3.05) is 19.6 Å². The lowest BCUT2D eigenvalue weighted by molar-refractivity contribution is 0.332. The SMILES string of the molecule is CC1(C)CCC(C)(C)c2cc(-c3cc4c5c(c3)N(c3ccccc3)c3cc6c(cc3B5c3ccccc3N4c3ccccc3)B3c4ccccc4N(c4ccccc4)c4cccc(c43)N6c3ccccc3)ccc21. The Balaban J connectivity index is 1.05. The summed E-state index contributed by atoms with van der Waals surface area (Å²) in [5.74, 6) is 0. The van der Waals surface area contributed by atoms with E-state index in [9.17, 15) is 0 Å².